The monoisotopic (exact) mass is 672 g/mol. The van der Waals surface area contributed by atoms with Gasteiger partial charge >= 0.3 is 11.9 Å². The van der Waals surface area contributed by atoms with E-state index in [1.165, 1.54) is 23.0 Å². The molecule has 1 aliphatic heterocycles. The maximum absolute atomic E-state index is 14.1. The first-order valence-corrected chi connectivity index (χ1v) is 15.3. The van der Waals surface area contributed by atoms with Crippen molar-refractivity contribution < 1.29 is 33.3 Å². The van der Waals surface area contributed by atoms with Gasteiger partial charge in [-0.25, -0.2) is 14.6 Å². The summed E-state index contributed by atoms with van der Waals surface area (Å²) in [4.78, 5) is 44.3. The van der Waals surface area contributed by atoms with E-state index in [4.69, 9.17) is 23.7 Å². The lowest BCUT2D eigenvalue weighted by Gasteiger charge is -2.25. The molecule has 0 aliphatic carbocycles. The highest BCUT2D eigenvalue weighted by Crippen LogP contribution is 2.36. The van der Waals surface area contributed by atoms with Crippen molar-refractivity contribution in [3.63, 3.8) is 0 Å². The fourth-order valence-corrected chi connectivity index (χ4v) is 5.97. The van der Waals surface area contributed by atoms with Gasteiger partial charge in [-0.1, -0.05) is 33.3 Å². The van der Waals surface area contributed by atoms with Gasteiger partial charge in [-0.2, -0.15) is 0 Å². The fraction of sp³-hybridized carbons (Fsp3) is 0.355. The van der Waals surface area contributed by atoms with E-state index in [9.17, 15) is 14.4 Å². The Labute approximate surface area is 261 Å². The minimum absolute atomic E-state index is 0.0844. The number of benzene rings is 2. The van der Waals surface area contributed by atoms with Crippen LogP contribution in [0.25, 0.3) is 6.08 Å². The van der Waals surface area contributed by atoms with E-state index in [2.05, 4.69) is 20.9 Å². The maximum atomic E-state index is 14.1. The van der Waals surface area contributed by atoms with Crippen molar-refractivity contribution in [3.8, 4) is 17.2 Å². The molecule has 43 heavy (non-hydrogen) atoms. The number of fused-ring (bicyclic) bond motifs is 1. The zero-order chi connectivity index (χ0) is 31.3. The van der Waals surface area contributed by atoms with Gasteiger partial charge in [-0.15, -0.1) is 0 Å². The zero-order valence-corrected chi connectivity index (χ0v) is 27.2. The maximum Gasteiger partial charge on any atom is 0.344 e. The van der Waals surface area contributed by atoms with Crippen molar-refractivity contribution in [2.75, 3.05) is 26.9 Å². The molecule has 10 nitrogen and oxygen atoms in total. The molecule has 12 heteroatoms. The van der Waals surface area contributed by atoms with Crippen LogP contribution in [0, 0.1) is 0 Å². The van der Waals surface area contributed by atoms with E-state index in [0.29, 0.717) is 43.4 Å². The summed E-state index contributed by atoms with van der Waals surface area (Å²) in [5, 5.41) is 0. The standard InChI is InChI=1S/C31H33BrN2O8S/c1-7-39-26(35)16-41-22-12-10-21(32)13-20(22)15-25-29(36)34-28(19-9-11-23(42-17(3)4)24(14-19)38-6)27(30(37)40-8-2)18(5)33-31(34)43-25/h9-15,17,28H,7-8,16H2,1-6H3/b25-15+/t28-/m0/s1. The molecule has 228 valence electrons. The van der Waals surface area contributed by atoms with Crippen LogP contribution in [0.1, 0.15) is 51.8 Å². The summed E-state index contributed by atoms with van der Waals surface area (Å²) in [6.07, 6.45) is 1.59. The zero-order valence-electron chi connectivity index (χ0n) is 24.8. The molecule has 1 aromatic heterocycles. The average molecular weight is 674 g/mol. The molecular formula is C31H33BrN2O8S. The van der Waals surface area contributed by atoms with Crippen LogP contribution in [0.3, 0.4) is 0 Å². The van der Waals surface area contributed by atoms with Crippen molar-refractivity contribution >= 4 is 45.3 Å². The van der Waals surface area contributed by atoms with Crippen molar-refractivity contribution in [3.05, 3.63) is 83.0 Å². The second-order valence-electron chi connectivity index (χ2n) is 9.66. The number of aromatic nitrogens is 1. The Kier molecular flexibility index (Phi) is 10.5. The summed E-state index contributed by atoms with van der Waals surface area (Å²) in [5.74, 6) is 0.331. The predicted molar refractivity (Wildman–Crippen MR) is 165 cm³/mol. The summed E-state index contributed by atoms with van der Waals surface area (Å²) in [6.45, 7) is 9.10. The summed E-state index contributed by atoms with van der Waals surface area (Å²) in [7, 11) is 1.53. The van der Waals surface area contributed by atoms with Gasteiger partial charge in [0.25, 0.3) is 5.56 Å². The predicted octanol–water partition coefficient (Wildman–Crippen LogP) is 4.30. The molecule has 0 unspecified atom stereocenters. The number of esters is 2. The molecule has 0 spiro atoms. The minimum Gasteiger partial charge on any atom is -0.493 e. The number of allylic oxidation sites excluding steroid dienone is 1. The number of nitrogens with zero attached hydrogens (tertiary/aromatic N) is 2. The molecule has 0 N–H and O–H groups in total. The topological polar surface area (TPSA) is 115 Å². The molecular weight excluding hydrogens is 640 g/mol. The molecule has 2 heterocycles. The molecule has 1 aliphatic rings. The Balaban J connectivity index is 1.89. The fourth-order valence-electron chi connectivity index (χ4n) is 4.56. The van der Waals surface area contributed by atoms with Gasteiger partial charge in [0, 0.05) is 10.0 Å². The highest BCUT2D eigenvalue weighted by atomic mass is 79.9. The van der Waals surface area contributed by atoms with Gasteiger partial charge in [0.05, 0.1) is 48.3 Å². The first-order valence-electron chi connectivity index (χ1n) is 13.7. The Hall–Kier alpha value is -3.90. The third-order valence-electron chi connectivity index (χ3n) is 6.29. The van der Waals surface area contributed by atoms with Crippen LogP contribution in [0.5, 0.6) is 17.2 Å². The van der Waals surface area contributed by atoms with Gasteiger partial charge in [0.15, 0.2) is 22.9 Å². The highest BCUT2D eigenvalue weighted by Gasteiger charge is 2.34. The van der Waals surface area contributed by atoms with Crippen molar-refractivity contribution in [2.45, 2.75) is 46.8 Å². The van der Waals surface area contributed by atoms with Crippen LogP contribution in [-0.4, -0.2) is 49.5 Å². The van der Waals surface area contributed by atoms with Crippen LogP contribution in [-0.2, 0) is 19.1 Å². The molecule has 1 atom stereocenters. The summed E-state index contributed by atoms with van der Waals surface area (Å²) >= 11 is 4.64. The van der Waals surface area contributed by atoms with E-state index >= 15 is 0 Å². The highest BCUT2D eigenvalue weighted by molar-refractivity contribution is 9.10. The van der Waals surface area contributed by atoms with Crippen molar-refractivity contribution in [2.24, 2.45) is 4.99 Å². The Bertz CT molecular complexity index is 1740. The molecule has 0 amide bonds. The van der Waals surface area contributed by atoms with E-state index in [-0.39, 0.29) is 37.1 Å². The smallest absolute Gasteiger partial charge is 0.344 e. The van der Waals surface area contributed by atoms with Gasteiger partial charge in [0.2, 0.25) is 0 Å². The number of ether oxygens (including phenoxy) is 5. The summed E-state index contributed by atoms with van der Waals surface area (Å²) < 4.78 is 30.2. The third kappa shape index (κ3) is 7.19. The van der Waals surface area contributed by atoms with Crippen molar-refractivity contribution in [1.29, 1.82) is 0 Å². The lowest BCUT2D eigenvalue weighted by atomic mass is 9.95. The Morgan fingerprint density at radius 3 is 2.47 bits per heavy atom. The van der Waals surface area contributed by atoms with Crippen molar-refractivity contribution in [1.82, 2.24) is 4.57 Å². The number of hydrogen-bond acceptors (Lipinski definition) is 10. The summed E-state index contributed by atoms with van der Waals surface area (Å²) in [5.41, 5.74) is 1.53. The van der Waals surface area contributed by atoms with Crippen LogP contribution in [0.15, 0.2) is 61.9 Å². The number of carbonyl (C=O) groups is 2. The quantitative estimate of drug-likeness (QED) is 0.277. The Morgan fingerprint density at radius 1 is 1.07 bits per heavy atom. The average Bonchev–Trinajstić information content (AvgIpc) is 3.26. The number of thiazole rings is 1. The molecule has 2 aromatic carbocycles. The number of hydrogen-bond donors (Lipinski definition) is 0. The normalized spacial score (nSPS) is 14.7. The number of methoxy groups -OCH3 is 1. The number of carbonyl (C=O) groups excluding carboxylic acids is 2. The molecule has 0 bridgehead atoms. The van der Waals surface area contributed by atoms with E-state index in [0.717, 1.165) is 4.47 Å². The SMILES string of the molecule is CCOC(=O)COc1ccc(Br)cc1/C=c1/sc2n(c1=O)[C@@H](c1ccc(OC(C)C)c(OC)c1)C(C(=O)OCC)=C(C)N=2. The van der Waals surface area contributed by atoms with E-state index < -0.39 is 18.0 Å². The van der Waals surface area contributed by atoms with E-state index in [1.807, 2.05) is 13.8 Å². The van der Waals surface area contributed by atoms with Crippen LogP contribution < -0.4 is 29.1 Å². The largest absolute Gasteiger partial charge is 0.493 e. The minimum atomic E-state index is -0.832. The molecule has 0 saturated carbocycles. The first-order chi connectivity index (χ1) is 20.6. The first kappa shape index (κ1) is 32.0. The molecule has 4 rings (SSSR count). The lowest BCUT2D eigenvalue weighted by Crippen LogP contribution is -2.40. The number of rotatable bonds is 11. The number of halogens is 1. The van der Waals surface area contributed by atoms with Gasteiger partial charge in [0.1, 0.15) is 5.75 Å². The van der Waals surface area contributed by atoms with Crippen LogP contribution in [0.2, 0.25) is 0 Å². The molecule has 0 fully saturated rings. The third-order valence-corrected chi connectivity index (χ3v) is 7.77. The van der Waals surface area contributed by atoms with Crippen LogP contribution >= 0.6 is 27.3 Å². The second kappa shape index (κ2) is 14.0. The van der Waals surface area contributed by atoms with Crippen LogP contribution in [0.4, 0.5) is 0 Å². The molecule has 0 radical (unpaired) electrons. The Morgan fingerprint density at radius 2 is 1.79 bits per heavy atom. The molecule has 0 saturated heterocycles. The lowest BCUT2D eigenvalue weighted by molar-refractivity contribution is -0.145. The summed E-state index contributed by atoms with van der Waals surface area (Å²) in [6, 6.07) is 9.74. The van der Waals surface area contributed by atoms with Gasteiger partial charge < -0.3 is 23.7 Å². The second-order valence-corrected chi connectivity index (χ2v) is 11.6. The van der Waals surface area contributed by atoms with Gasteiger partial charge in [-0.05, 0) is 76.6 Å². The van der Waals surface area contributed by atoms with Gasteiger partial charge in [-0.3, -0.25) is 9.36 Å². The van der Waals surface area contributed by atoms with E-state index in [1.54, 1.807) is 63.2 Å². The molecule has 3 aromatic rings.